The van der Waals surface area contributed by atoms with Gasteiger partial charge in [0.2, 0.25) is 0 Å². The first-order chi connectivity index (χ1) is 3.41. The van der Waals surface area contributed by atoms with E-state index in [-0.39, 0.29) is 6.61 Å². The lowest BCUT2D eigenvalue weighted by atomic mass is 10.5. The Labute approximate surface area is 43.4 Å². The predicted octanol–water partition coefficient (Wildman–Crippen LogP) is 0.181. The Balaban J connectivity index is 2.78. The molecular formula is C5H10O2. The zero-order valence-corrected chi connectivity index (χ0v) is 4.42. The van der Waals surface area contributed by atoms with Crippen molar-refractivity contribution in [2.24, 2.45) is 0 Å². The first kappa shape index (κ1) is 6.66. The molecule has 42 valence electrons. The highest BCUT2D eigenvalue weighted by molar-refractivity contribution is 4.79. The Morgan fingerprint density at radius 3 is 2.71 bits per heavy atom. The summed E-state index contributed by atoms with van der Waals surface area (Å²) in [5.41, 5.74) is 0. The Morgan fingerprint density at radius 1 is 1.57 bits per heavy atom. The lowest BCUT2D eigenvalue weighted by Crippen LogP contribution is -1.81. The third-order valence-electron chi connectivity index (χ3n) is 0.535. The molecule has 0 fully saturated rings. The fraction of sp³-hybridized carbons (Fsp3) is 0.600. The van der Waals surface area contributed by atoms with Crippen LogP contribution in [0.1, 0.15) is 0 Å². The van der Waals surface area contributed by atoms with E-state index in [1.165, 1.54) is 0 Å². The number of rotatable bonds is 3. The number of methoxy groups -OCH3 is 1. The molecule has 0 aliphatic carbocycles. The Hall–Kier alpha value is -0.340. The van der Waals surface area contributed by atoms with Crippen LogP contribution in [0.4, 0.5) is 0 Å². The first-order valence-corrected chi connectivity index (χ1v) is 2.16. The zero-order valence-electron chi connectivity index (χ0n) is 4.42. The number of ether oxygens (including phenoxy) is 1. The molecule has 0 atom stereocenters. The largest absolute Gasteiger partial charge is 0.392 e. The van der Waals surface area contributed by atoms with Gasteiger partial charge in [0.05, 0.1) is 13.2 Å². The number of aliphatic hydroxyl groups excluding tert-OH is 1. The second-order valence-corrected chi connectivity index (χ2v) is 1.11. The van der Waals surface area contributed by atoms with Crippen molar-refractivity contribution in [2.75, 3.05) is 20.3 Å². The summed E-state index contributed by atoms with van der Waals surface area (Å²) in [6.07, 6.45) is 3.41. The van der Waals surface area contributed by atoms with Gasteiger partial charge in [0.25, 0.3) is 0 Å². The molecule has 0 radical (unpaired) electrons. The van der Waals surface area contributed by atoms with Crippen molar-refractivity contribution in [3.05, 3.63) is 12.2 Å². The van der Waals surface area contributed by atoms with Crippen molar-refractivity contribution in [3.8, 4) is 0 Å². The molecular weight excluding hydrogens is 92.1 g/mol. The van der Waals surface area contributed by atoms with E-state index in [1.807, 2.05) is 0 Å². The summed E-state index contributed by atoms with van der Waals surface area (Å²) in [6.45, 7) is 0.684. The van der Waals surface area contributed by atoms with Crippen molar-refractivity contribution >= 4 is 0 Å². The van der Waals surface area contributed by atoms with E-state index in [1.54, 1.807) is 19.3 Å². The smallest absolute Gasteiger partial charge is 0.0644 e. The molecule has 2 heteroatoms. The number of hydrogen-bond acceptors (Lipinski definition) is 2. The van der Waals surface area contributed by atoms with Gasteiger partial charge >= 0.3 is 0 Å². The maximum Gasteiger partial charge on any atom is 0.0644 e. The van der Waals surface area contributed by atoms with E-state index in [0.717, 1.165) is 0 Å². The van der Waals surface area contributed by atoms with Crippen LogP contribution < -0.4 is 0 Å². The highest BCUT2D eigenvalue weighted by atomic mass is 16.5. The van der Waals surface area contributed by atoms with Gasteiger partial charge in [-0.15, -0.1) is 0 Å². The van der Waals surface area contributed by atoms with Crippen molar-refractivity contribution in [1.82, 2.24) is 0 Å². The van der Waals surface area contributed by atoms with Crippen LogP contribution in [0.25, 0.3) is 0 Å². The van der Waals surface area contributed by atoms with Crippen LogP contribution in [-0.4, -0.2) is 25.4 Å². The molecule has 0 saturated carbocycles. The van der Waals surface area contributed by atoms with E-state index in [9.17, 15) is 0 Å². The summed E-state index contributed by atoms with van der Waals surface area (Å²) in [7, 11) is 1.61. The molecule has 0 aromatic heterocycles. The summed E-state index contributed by atoms with van der Waals surface area (Å²) in [5.74, 6) is 0. The van der Waals surface area contributed by atoms with Crippen LogP contribution in [0.2, 0.25) is 0 Å². The standard InChI is InChI=1S/C5H10O2/c1-7-5-3-2-4-6/h2-3,6H,4-5H2,1H3. The molecule has 0 aromatic carbocycles. The number of hydrogen-bond donors (Lipinski definition) is 1. The van der Waals surface area contributed by atoms with Gasteiger partial charge in [-0.05, 0) is 0 Å². The van der Waals surface area contributed by atoms with Crippen LogP contribution in [0.5, 0.6) is 0 Å². The molecule has 7 heavy (non-hydrogen) atoms. The second kappa shape index (κ2) is 5.66. The highest BCUT2D eigenvalue weighted by Crippen LogP contribution is 1.69. The van der Waals surface area contributed by atoms with Gasteiger partial charge in [0.15, 0.2) is 0 Å². The summed E-state index contributed by atoms with van der Waals surface area (Å²) in [5, 5.41) is 8.15. The summed E-state index contributed by atoms with van der Waals surface area (Å²) in [4.78, 5) is 0. The van der Waals surface area contributed by atoms with Crippen molar-refractivity contribution < 1.29 is 9.84 Å². The Morgan fingerprint density at radius 2 is 2.29 bits per heavy atom. The minimum absolute atomic E-state index is 0.101. The topological polar surface area (TPSA) is 29.5 Å². The van der Waals surface area contributed by atoms with Crippen LogP contribution in [0.15, 0.2) is 12.2 Å². The molecule has 0 unspecified atom stereocenters. The van der Waals surface area contributed by atoms with Crippen LogP contribution in [-0.2, 0) is 4.74 Å². The van der Waals surface area contributed by atoms with E-state index in [2.05, 4.69) is 4.74 Å². The first-order valence-electron chi connectivity index (χ1n) is 2.16. The number of aliphatic hydroxyl groups is 1. The molecule has 1 N–H and O–H groups in total. The Kier molecular flexibility index (Phi) is 5.39. The summed E-state index contributed by atoms with van der Waals surface area (Å²) < 4.78 is 4.65. The van der Waals surface area contributed by atoms with E-state index in [0.29, 0.717) is 6.61 Å². The van der Waals surface area contributed by atoms with Crippen LogP contribution >= 0.6 is 0 Å². The minimum atomic E-state index is 0.101. The van der Waals surface area contributed by atoms with Gasteiger partial charge in [-0.2, -0.15) is 0 Å². The van der Waals surface area contributed by atoms with Crippen molar-refractivity contribution in [3.63, 3.8) is 0 Å². The summed E-state index contributed by atoms with van der Waals surface area (Å²) in [6, 6.07) is 0. The van der Waals surface area contributed by atoms with Crippen molar-refractivity contribution in [2.45, 2.75) is 0 Å². The third kappa shape index (κ3) is 5.66. The lowest BCUT2D eigenvalue weighted by molar-refractivity contribution is 0.232. The average Bonchev–Trinajstić information content (AvgIpc) is 1.69. The highest BCUT2D eigenvalue weighted by Gasteiger charge is 1.67. The minimum Gasteiger partial charge on any atom is -0.392 e. The zero-order chi connectivity index (χ0) is 5.54. The monoisotopic (exact) mass is 102 g/mol. The van der Waals surface area contributed by atoms with Gasteiger partial charge in [0.1, 0.15) is 0 Å². The van der Waals surface area contributed by atoms with Crippen LogP contribution in [0.3, 0.4) is 0 Å². The maximum atomic E-state index is 8.15. The fourth-order valence-corrected chi connectivity index (χ4v) is 0.239. The van der Waals surface area contributed by atoms with Gasteiger partial charge in [-0.1, -0.05) is 12.2 Å². The van der Waals surface area contributed by atoms with E-state index < -0.39 is 0 Å². The van der Waals surface area contributed by atoms with E-state index >= 15 is 0 Å². The molecule has 0 aliphatic heterocycles. The fourth-order valence-electron chi connectivity index (χ4n) is 0.239. The summed E-state index contributed by atoms with van der Waals surface area (Å²) >= 11 is 0. The molecule has 2 nitrogen and oxygen atoms in total. The van der Waals surface area contributed by atoms with Gasteiger partial charge in [-0.3, -0.25) is 0 Å². The molecule has 0 saturated heterocycles. The second-order valence-electron chi connectivity index (χ2n) is 1.11. The third-order valence-corrected chi connectivity index (χ3v) is 0.535. The van der Waals surface area contributed by atoms with Gasteiger partial charge in [-0.25, -0.2) is 0 Å². The Bertz CT molecular complexity index is 50.0. The average molecular weight is 102 g/mol. The quantitative estimate of drug-likeness (QED) is 0.515. The maximum absolute atomic E-state index is 8.15. The van der Waals surface area contributed by atoms with Crippen LogP contribution in [0, 0.1) is 0 Å². The van der Waals surface area contributed by atoms with Gasteiger partial charge in [0, 0.05) is 7.11 Å². The molecule has 0 spiro atoms. The molecule has 0 bridgehead atoms. The lowest BCUT2D eigenvalue weighted by Gasteiger charge is -1.83. The molecule has 0 aliphatic rings. The molecule has 0 aromatic rings. The van der Waals surface area contributed by atoms with E-state index in [4.69, 9.17) is 5.11 Å². The molecule has 0 rings (SSSR count). The van der Waals surface area contributed by atoms with Crippen molar-refractivity contribution in [1.29, 1.82) is 0 Å². The molecule has 0 amide bonds. The predicted molar refractivity (Wildman–Crippen MR) is 28.1 cm³/mol. The molecule has 0 heterocycles. The van der Waals surface area contributed by atoms with Gasteiger partial charge < -0.3 is 9.84 Å². The normalized spacial score (nSPS) is 10.6. The SMILES string of the molecule is COCC=CCO.